The number of hydrogen-bond acceptors (Lipinski definition) is 5. The highest BCUT2D eigenvalue weighted by molar-refractivity contribution is 7.91. The first kappa shape index (κ1) is 24.1. The van der Waals surface area contributed by atoms with Gasteiger partial charge in [-0.15, -0.1) is 0 Å². The van der Waals surface area contributed by atoms with Crippen LogP contribution in [0, 0.1) is 0 Å². The van der Waals surface area contributed by atoms with Gasteiger partial charge in [-0.3, -0.25) is 4.79 Å². The predicted octanol–water partition coefficient (Wildman–Crippen LogP) is 3.08. The molecule has 0 radical (unpaired) electrons. The smallest absolute Gasteiger partial charge is 0.222 e. The average Bonchev–Trinajstić information content (AvgIpc) is 2.69. The van der Waals surface area contributed by atoms with Crippen LogP contribution in [-0.2, 0) is 14.6 Å². The molecule has 1 aromatic carbocycles. The van der Waals surface area contributed by atoms with E-state index < -0.39 is 9.84 Å². The molecule has 0 atom stereocenters. The second kappa shape index (κ2) is 12.5. The van der Waals surface area contributed by atoms with Crippen LogP contribution in [0.15, 0.2) is 41.1 Å². The van der Waals surface area contributed by atoms with Gasteiger partial charge in [0.05, 0.1) is 17.0 Å². The Bertz CT molecular complexity index is 729. The third kappa shape index (κ3) is 7.98. The van der Waals surface area contributed by atoms with E-state index in [1.807, 2.05) is 13.8 Å². The number of nitrogens with zero attached hydrogens (tertiary/aromatic N) is 1. The Morgan fingerprint density at radius 2 is 1.79 bits per heavy atom. The molecule has 8 heteroatoms. The molecule has 0 aromatic heterocycles. The minimum Gasteiger partial charge on any atom is -0.489 e. The number of amides is 1. The number of hydrogen-bond donors (Lipinski definition) is 1. The zero-order valence-electron chi connectivity index (χ0n) is 16.7. The van der Waals surface area contributed by atoms with Crippen LogP contribution in [0.5, 0.6) is 5.75 Å². The van der Waals surface area contributed by atoms with Gasteiger partial charge in [0.15, 0.2) is 9.84 Å². The van der Waals surface area contributed by atoms with Crippen molar-refractivity contribution in [2.75, 3.05) is 32.0 Å². The molecule has 28 heavy (non-hydrogen) atoms. The Morgan fingerprint density at radius 1 is 1.14 bits per heavy atom. The van der Waals surface area contributed by atoms with Crippen LogP contribution in [0.25, 0.3) is 0 Å². The summed E-state index contributed by atoms with van der Waals surface area (Å²) in [5.74, 6) is 0.597. The largest absolute Gasteiger partial charge is 0.489 e. The molecule has 1 rings (SSSR count). The first-order valence-corrected chi connectivity index (χ1v) is 11.2. The van der Waals surface area contributed by atoms with E-state index in [-0.39, 0.29) is 29.7 Å². The van der Waals surface area contributed by atoms with Crippen molar-refractivity contribution in [2.45, 2.75) is 44.4 Å². The maximum Gasteiger partial charge on any atom is 0.222 e. The highest BCUT2D eigenvalue weighted by atomic mass is 32.2. The third-order valence-corrected chi connectivity index (χ3v) is 6.26. The summed E-state index contributed by atoms with van der Waals surface area (Å²) in [7, 11) is -3.39. The van der Waals surface area contributed by atoms with Crippen LogP contribution in [0.2, 0.25) is 0 Å². The average molecular weight is 415 g/mol. The lowest BCUT2D eigenvalue weighted by atomic mass is 10.2. The summed E-state index contributed by atoms with van der Waals surface area (Å²) in [4.78, 5) is 13.9. The molecule has 6 nitrogen and oxygen atoms in total. The van der Waals surface area contributed by atoms with Crippen molar-refractivity contribution < 1.29 is 22.3 Å². The van der Waals surface area contributed by atoms with Crippen LogP contribution >= 0.6 is 0 Å². The maximum absolute atomic E-state index is 12.5. The second-order valence-electron chi connectivity index (χ2n) is 6.43. The Labute approximate surface area is 167 Å². The molecule has 1 aromatic rings. The SMILES string of the molecule is CCN(CC)C(=O)CCCCCS(=O)(=O)c1ccc(OC/C(=C/F)CN)cc1. The number of carbonyl (C=O) groups excluding carboxylic acids is 1. The summed E-state index contributed by atoms with van der Waals surface area (Å²) in [6.45, 7) is 5.36. The topological polar surface area (TPSA) is 89.7 Å². The van der Waals surface area contributed by atoms with Gasteiger partial charge in [0.2, 0.25) is 5.91 Å². The zero-order valence-corrected chi connectivity index (χ0v) is 17.5. The van der Waals surface area contributed by atoms with E-state index in [0.717, 1.165) is 0 Å². The monoisotopic (exact) mass is 414 g/mol. The number of halogens is 1. The van der Waals surface area contributed by atoms with Gasteiger partial charge in [0.1, 0.15) is 12.4 Å². The number of sulfone groups is 1. The number of unbranched alkanes of at least 4 members (excludes halogenated alkanes) is 2. The van der Waals surface area contributed by atoms with Gasteiger partial charge in [-0.25, -0.2) is 12.8 Å². The van der Waals surface area contributed by atoms with Gasteiger partial charge < -0.3 is 15.4 Å². The van der Waals surface area contributed by atoms with Crippen LogP contribution in [0.4, 0.5) is 4.39 Å². The zero-order chi connectivity index (χ0) is 21.0. The molecular weight excluding hydrogens is 383 g/mol. The molecule has 0 unspecified atom stereocenters. The number of carbonyl (C=O) groups is 1. The van der Waals surface area contributed by atoms with E-state index >= 15 is 0 Å². The summed E-state index contributed by atoms with van der Waals surface area (Å²) >= 11 is 0. The molecule has 0 bridgehead atoms. The van der Waals surface area contributed by atoms with E-state index in [9.17, 15) is 17.6 Å². The highest BCUT2D eigenvalue weighted by Crippen LogP contribution is 2.19. The number of benzene rings is 1. The van der Waals surface area contributed by atoms with E-state index in [1.54, 1.807) is 17.0 Å². The first-order chi connectivity index (χ1) is 13.4. The predicted molar refractivity (Wildman–Crippen MR) is 109 cm³/mol. The fourth-order valence-corrected chi connectivity index (χ4v) is 4.02. The first-order valence-electron chi connectivity index (χ1n) is 9.59. The van der Waals surface area contributed by atoms with Crippen LogP contribution < -0.4 is 10.5 Å². The fourth-order valence-electron chi connectivity index (χ4n) is 2.65. The third-order valence-electron chi connectivity index (χ3n) is 4.44. The minimum absolute atomic E-state index is 0.0192. The van der Waals surface area contributed by atoms with Crippen molar-refractivity contribution >= 4 is 15.7 Å². The van der Waals surface area contributed by atoms with Crippen molar-refractivity contribution in [1.82, 2.24) is 4.90 Å². The normalized spacial score (nSPS) is 12.1. The van der Waals surface area contributed by atoms with Crippen molar-refractivity contribution in [3.8, 4) is 5.75 Å². The number of rotatable bonds is 13. The summed E-state index contributed by atoms with van der Waals surface area (Å²) in [6.07, 6.45) is 2.74. The van der Waals surface area contributed by atoms with Crippen molar-refractivity contribution in [3.63, 3.8) is 0 Å². The van der Waals surface area contributed by atoms with Crippen LogP contribution in [-0.4, -0.2) is 51.2 Å². The van der Waals surface area contributed by atoms with Gasteiger partial charge >= 0.3 is 0 Å². The van der Waals surface area contributed by atoms with Gasteiger partial charge in [-0.05, 0) is 51.0 Å². The molecule has 0 aliphatic heterocycles. The fraction of sp³-hybridized carbons (Fsp3) is 0.550. The molecular formula is C20H31FN2O4S. The molecule has 0 saturated carbocycles. The minimum atomic E-state index is -3.39. The summed E-state index contributed by atoms with van der Waals surface area (Å²) in [5, 5.41) is 0. The highest BCUT2D eigenvalue weighted by Gasteiger charge is 2.15. The van der Waals surface area contributed by atoms with Crippen molar-refractivity contribution in [2.24, 2.45) is 5.73 Å². The second-order valence-corrected chi connectivity index (χ2v) is 8.54. The van der Waals surface area contributed by atoms with Crippen molar-refractivity contribution in [3.05, 3.63) is 36.2 Å². The van der Waals surface area contributed by atoms with Gasteiger partial charge in [0, 0.05) is 31.6 Å². The van der Waals surface area contributed by atoms with E-state index in [1.165, 1.54) is 12.1 Å². The van der Waals surface area contributed by atoms with Gasteiger partial charge in [0.25, 0.3) is 0 Å². The summed E-state index contributed by atoms with van der Waals surface area (Å²) in [6, 6.07) is 6.05. The molecule has 0 saturated heterocycles. The molecule has 0 aliphatic rings. The maximum atomic E-state index is 12.5. The molecule has 158 valence electrons. The van der Waals surface area contributed by atoms with E-state index in [0.29, 0.717) is 56.4 Å². The van der Waals surface area contributed by atoms with Crippen LogP contribution in [0.1, 0.15) is 39.5 Å². The van der Waals surface area contributed by atoms with Crippen LogP contribution in [0.3, 0.4) is 0 Å². The lowest BCUT2D eigenvalue weighted by Crippen LogP contribution is -2.30. The van der Waals surface area contributed by atoms with Crippen molar-refractivity contribution in [1.29, 1.82) is 0 Å². The molecule has 2 N–H and O–H groups in total. The van der Waals surface area contributed by atoms with E-state index in [2.05, 4.69) is 0 Å². The Balaban J connectivity index is 2.45. The summed E-state index contributed by atoms with van der Waals surface area (Å²) < 4.78 is 42.6. The Kier molecular flexibility index (Phi) is 10.8. The Hall–Kier alpha value is -1.93. The quantitative estimate of drug-likeness (QED) is 0.501. The number of nitrogens with two attached hydrogens (primary N) is 1. The van der Waals surface area contributed by atoms with Gasteiger partial charge in [-0.1, -0.05) is 6.42 Å². The Morgan fingerprint density at radius 3 is 2.32 bits per heavy atom. The summed E-state index contributed by atoms with van der Waals surface area (Å²) in [5.41, 5.74) is 5.67. The lowest BCUT2D eigenvalue weighted by molar-refractivity contribution is -0.130. The molecule has 0 aliphatic carbocycles. The standard InChI is InChI=1S/C20H31FN2O4S/c1-3-23(4-2)20(24)8-6-5-7-13-28(25,26)19-11-9-18(10-12-19)27-16-17(14-21)15-22/h9-12,14H,3-8,13,15-16,22H2,1-2H3/b17-14+. The van der Waals surface area contributed by atoms with Gasteiger partial charge in [-0.2, -0.15) is 0 Å². The molecule has 0 heterocycles. The lowest BCUT2D eigenvalue weighted by Gasteiger charge is -2.18. The molecule has 0 fully saturated rings. The molecule has 1 amide bonds. The number of ether oxygens (including phenoxy) is 1. The molecule has 0 spiro atoms. The van der Waals surface area contributed by atoms with E-state index in [4.69, 9.17) is 10.5 Å².